The molecule has 1 unspecified atom stereocenters. The van der Waals surface area contributed by atoms with Gasteiger partial charge in [0.1, 0.15) is 0 Å². The number of hydrogen-bond acceptors (Lipinski definition) is 0. The molecule has 68 valence electrons. The van der Waals surface area contributed by atoms with E-state index in [0.717, 1.165) is 5.92 Å². The van der Waals surface area contributed by atoms with Crippen molar-refractivity contribution >= 4 is 18.6 Å². The van der Waals surface area contributed by atoms with Crippen LogP contribution in [0.1, 0.15) is 31.7 Å². The number of rotatable bonds is 2. The molecule has 0 aromatic heterocycles. The van der Waals surface area contributed by atoms with Crippen LogP contribution in [0.4, 0.5) is 0 Å². The zero-order chi connectivity index (χ0) is 9.40. The minimum atomic E-state index is -0.556. The van der Waals surface area contributed by atoms with Crippen LogP contribution in [0.5, 0.6) is 0 Å². The van der Waals surface area contributed by atoms with Gasteiger partial charge in [-0.25, -0.2) is 12.1 Å². The second-order valence-corrected chi connectivity index (χ2v) is 5.18. The van der Waals surface area contributed by atoms with Crippen LogP contribution >= 0.6 is 18.6 Å². The molecular weight excluding hydrogens is 227 g/mol. The van der Waals surface area contributed by atoms with E-state index in [0.29, 0.717) is 0 Å². The average Bonchev–Trinajstić information content (AvgIpc) is 2.56. The van der Waals surface area contributed by atoms with Gasteiger partial charge < -0.3 is 0 Å². The van der Waals surface area contributed by atoms with E-state index in [2.05, 4.69) is 38.1 Å². The standard InChI is InChI=1S/C9H13.2ClH.Ti/c1-3-8(2)9-6-4-5-7-9;;;/h4-8H,3H2,1-2H3;2*1H;/q-1;;;+2/p-2. The summed E-state index contributed by atoms with van der Waals surface area (Å²) in [5.41, 5.74) is 1.47. The molecule has 0 radical (unpaired) electrons. The molecule has 0 N–H and O–H groups in total. The molecule has 0 heterocycles. The first-order chi connectivity index (χ1) is 5.76. The van der Waals surface area contributed by atoms with Crippen LogP contribution in [-0.2, 0) is 17.0 Å². The summed E-state index contributed by atoms with van der Waals surface area (Å²) in [5.74, 6) is 0.736. The van der Waals surface area contributed by atoms with Gasteiger partial charge in [0.2, 0.25) is 0 Å². The summed E-state index contributed by atoms with van der Waals surface area (Å²) in [7, 11) is 9.78. The van der Waals surface area contributed by atoms with E-state index in [1.165, 1.54) is 12.0 Å². The van der Waals surface area contributed by atoms with E-state index in [4.69, 9.17) is 18.6 Å². The fraction of sp³-hybridized carbons (Fsp3) is 0.444. The topological polar surface area (TPSA) is 0 Å². The van der Waals surface area contributed by atoms with Crippen molar-refractivity contribution in [1.82, 2.24) is 0 Å². The average molecular weight is 240 g/mol. The third-order valence-electron chi connectivity index (χ3n) is 1.87. The number of hydrogen-bond donors (Lipinski definition) is 0. The van der Waals surface area contributed by atoms with Gasteiger partial charge in [-0.05, 0) is 0 Å². The summed E-state index contributed by atoms with van der Waals surface area (Å²) in [6, 6.07) is 8.57. The quantitative estimate of drug-likeness (QED) is 0.534. The minimum absolute atomic E-state index is 0.556. The van der Waals surface area contributed by atoms with Crippen molar-refractivity contribution in [2.24, 2.45) is 0 Å². The predicted molar refractivity (Wildman–Crippen MR) is 52.4 cm³/mol. The van der Waals surface area contributed by atoms with Crippen LogP contribution in [0.2, 0.25) is 0 Å². The Morgan fingerprint density at radius 1 is 1.33 bits per heavy atom. The van der Waals surface area contributed by atoms with E-state index in [1.54, 1.807) is 0 Å². The van der Waals surface area contributed by atoms with Gasteiger partial charge in [0.15, 0.2) is 0 Å². The Morgan fingerprint density at radius 2 is 1.75 bits per heavy atom. The van der Waals surface area contributed by atoms with E-state index in [-0.39, 0.29) is 0 Å². The molecule has 0 aliphatic carbocycles. The van der Waals surface area contributed by atoms with Crippen molar-refractivity contribution in [3.63, 3.8) is 0 Å². The fourth-order valence-electron chi connectivity index (χ4n) is 0.953. The maximum atomic E-state index is 4.89. The van der Waals surface area contributed by atoms with Crippen molar-refractivity contribution in [1.29, 1.82) is 0 Å². The summed E-state index contributed by atoms with van der Waals surface area (Å²) < 4.78 is 0. The molecule has 0 fully saturated rings. The first-order valence-electron chi connectivity index (χ1n) is 3.94. The first-order valence-corrected chi connectivity index (χ1v) is 8.23. The van der Waals surface area contributed by atoms with Crippen molar-refractivity contribution in [2.45, 2.75) is 26.2 Å². The zero-order valence-electron chi connectivity index (χ0n) is 7.35. The molecule has 0 amide bonds. The van der Waals surface area contributed by atoms with Crippen LogP contribution in [0.25, 0.3) is 0 Å². The molecule has 3 heteroatoms. The van der Waals surface area contributed by atoms with E-state index >= 15 is 0 Å². The third-order valence-corrected chi connectivity index (χ3v) is 1.87. The van der Waals surface area contributed by atoms with Gasteiger partial charge in [-0.3, -0.25) is 0 Å². The molecule has 0 saturated heterocycles. The Balaban J connectivity index is 0.000000354. The summed E-state index contributed by atoms with van der Waals surface area (Å²) in [4.78, 5) is 0. The Kier molecular flexibility index (Phi) is 8.70. The van der Waals surface area contributed by atoms with Crippen molar-refractivity contribution in [3.8, 4) is 0 Å². The first kappa shape index (κ1) is 12.6. The molecule has 1 aromatic rings. The molecule has 12 heavy (non-hydrogen) atoms. The molecule has 0 bridgehead atoms. The van der Waals surface area contributed by atoms with Gasteiger partial charge in [0, 0.05) is 0 Å². The monoisotopic (exact) mass is 239 g/mol. The Labute approximate surface area is 91.3 Å². The SMILES string of the molecule is CCC(C)[c-]1cccc1.[Cl][Ti][Cl]. The number of halogens is 2. The predicted octanol–water partition coefficient (Wildman–Crippen LogP) is 4.30. The molecule has 0 aliphatic heterocycles. The van der Waals surface area contributed by atoms with Crippen LogP contribution in [0, 0.1) is 0 Å². The molecule has 0 spiro atoms. The maximum absolute atomic E-state index is 4.89. The van der Waals surface area contributed by atoms with Gasteiger partial charge >= 0.3 is 35.6 Å². The van der Waals surface area contributed by atoms with Gasteiger partial charge in [-0.15, -0.1) is 0 Å². The Morgan fingerprint density at radius 3 is 2.08 bits per heavy atom. The molecule has 0 nitrogen and oxygen atoms in total. The molecule has 1 rings (SSSR count). The van der Waals surface area contributed by atoms with Gasteiger partial charge in [-0.1, -0.05) is 26.2 Å². The second-order valence-electron chi connectivity index (χ2n) is 2.60. The molecule has 1 aromatic carbocycles. The normalized spacial score (nSPS) is 11.3. The van der Waals surface area contributed by atoms with Crippen LogP contribution in [-0.4, -0.2) is 0 Å². The summed E-state index contributed by atoms with van der Waals surface area (Å²) in [5, 5.41) is 0. The Bertz CT molecular complexity index is 173. The van der Waals surface area contributed by atoms with Crippen LogP contribution in [0.15, 0.2) is 24.3 Å². The summed E-state index contributed by atoms with van der Waals surface area (Å²) >= 11 is -0.556. The van der Waals surface area contributed by atoms with Gasteiger partial charge in [0.05, 0.1) is 0 Å². The van der Waals surface area contributed by atoms with E-state index in [9.17, 15) is 0 Å². The summed E-state index contributed by atoms with van der Waals surface area (Å²) in [6.07, 6.45) is 1.24. The van der Waals surface area contributed by atoms with E-state index < -0.39 is 17.0 Å². The molecule has 1 atom stereocenters. The molecule has 0 saturated carbocycles. The fourth-order valence-corrected chi connectivity index (χ4v) is 0.953. The Hall–Kier alpha value is 0.644. The van der Waals surface area contributed by atoms with Crippen molar-refractivity contribution in [3.05, 3.63) is 29.8 Å². The molecule has 0 aliphatic rings. The van der Waals surface area contributed by atoms with Gasteiger partial charge in [0.25, 0.3) is 0 Å². The molecular formula is C9H13Cl2Ti-. The van der Waals surface area contributed by atoms with Crippen molar-refractivity contribution in [2.75, 3.05) is 0 Å². The van der Waals surface area contributed by atoms with Gasteiger partial charge in [-0.2, -0.15) is 17.7 Å². The second kappa shape index (κ2) is 8.25. The zero-order valence-corrected chi connectivity index (χ0v) is 10.4. The van der Waals surface area contributed by atoms with E-state index in [1.807, 2.05) is 0 Å². The third kappa shape index (κ3) is 5.32. The summed E-state index contributed by atoms with van der Waals surface area (Å²) in [6.45, 7) is 4.48. The van der Waals surface area contributed by atoms with Crippen LogP contribution < -0.4 is 0 Å². The van der Waals surface area contributed by atoms with Crippen molar-refractivity contribution < 1.29 is 17.0 Å². The van der Waals surface area contributed by atoms with Crippen LogP contribution in [0.3, 0.4) is 0 Å².